The van der Waals surface area contributed by atoms with E-state index >= 15 is 0 Å². The zero-order valence-electron chi connectivity index (χ0n) is 18.4. The van der Waals surface area contributed by atoms with Crippen LogP contribution in [0.3, 0.4) is 0 Å². The van der Waals surface area contributed by atoms with Gasteiger partial charge < -0.3 is 9.80 Å². The minimum absolute atomic E-state index is 0.221. The molecule has 31 heavy (non-hydrogen) atoms. The van der Waals surface area contributed by atoms with E-state index in [0.29, 0.717) is 0 Å². The molecule has 3 aromatic heterocycles. The molecule has 0 aromatic carbocycles. The molecule has 2 aliphatic rings. The number of aromatic nitrogens is 3. The molecule has 2 fully saturated rings. The highest BCUT2D eigenvalue weighted by atomic mass is 35.5. The predicted octanol–water partition coefficient (Wildman–Crippen LogP) is 4.42. The summed E-state index contributed by atoms with van der Waals surface area (Å²) in [4.78, 5) is 17.1. The third-order valence-corrected chi connectivity index (χ3v) is 7.33. The molecule has 2 aliphatic heterocycles. The predicted molar refractivity (Wildman–Crippen MR) is 126 cm³/mol. The molecule has 6 nitrogen and oxygen atoms in total. The van der Waals surface area contributed by atoms with E-state index in [1.165, 1.54) is 5.82 Å². The number of halogens is 1. The van der Waals surface area contributed by atoms with Crippen LogP contribution in [0.4, 0.5) is 5.82 Å². The zero-order valence-corrected chi connectivity index (χ0v) is 19.2. The smallest absolute Gasteiger partial charge is 0.138 e. The molecule has 0 aliphatic carbocycles. The Balaban J connectivity index is 1.43. The van der Waals surface area contributed by atoms with Crippen LogP contribution in [0.1, 0.15) is 49.7 Å². The first-order valence-electron chi connectivity index (χ1n) is 11.4. The van der Waals surface area contributed by atoms with Gasteiger partial charge in [0, 0.05) is 38.6 Å². The number of piperazine rings is 1. The molecule has 0 bridgehead atoms. The van der Waals surface area contributed by atoms with Gasteiger partial charge in [0.05, 0.1) is 28.5 Å². The van der Waals surface area contributed by atoms with Crippen LogP contribution in [0.25, 0.3) is 5.65 Å². The van der Waals surface area contributed by atoms with Crippen molar-refractivity contribution >= 4 is 23.1 Å². The van der Waals surface area contributed by atoms with Gasteiger partial charge >= 0.3 is 0 Å². The summed E-state index contributed by atoms with van der Waals surface area (Å²) in [7, 11) is 2.19. The van der Waals surface area contributed by atoms with E-state index in [0.717, 1.165) is 74.0 Å². The normalized spacial score (nSPS) is 23.5. The Morgan fingerprint density at radius 1 is 1.03 bits per heavy atom. The number of hydrogen-bond acceptors (Lipinski definition) is 5. The standard InChI is InChI=1S/C24H31ClN6/c1-3-29-13-15-30(16-14-29)23-11-5-10-22-27-19(17-31(22)23)20-8-4-9-21(28(20)2)24-18(25)7-6-12-26-24/h5-7,10-12,17,20-21H,3-4,8-9,13-16H2,1-2H3. The summed E-state index contributed by atoms with van der Waals surface area (Å²) in [5.74, 6) is 1.25. The lowest BCUT2D eigenvalue weighted by molar-refractivity contribution is 0.110. The molecule has 3 aromatic rings. The van der Waals surface area contributed by atoms with E-state index in [2.05, 4.69) is 62.5 Å². The van der Waals surface area contributed by atoms with E-state index < -0.39 is 0 Å². The second-order valence-electron chi connectivity index (χ2n) is 8.70. The number of rotatable bonds is 4. The van der Waals surface area contributed by atoms with Crippen LogP contribution in [-0.2, 0) is 0 Å². The summed E-state index contributed by atoms with van der Waals surface area (Å²) in [5, 5.41) is 0.753. The molecule has 2 saturated heterocycles. The van der Waals surface area contributed by atoms with E-state index in [1.54, 1.807) is 0 Å². The Morgan fingerprint density at radius 3 is 2.61 bits per heavy atom. The van der Waals surface area contributed by atoms with Crippen molar-refractivity contribution < 1.29 is 0 Å². The lowest BCUT2D eigenvalue weighted by atomic mass is 9.92. The highest BCUT2D eigenvalue weighted by molar-refractivity contribution is 6.31. The Labute approximate surface area is 189 Å². The van der Waals surface area contributed by atoms with Crippen LogP contribution in [0.5, 0.6) is 0 Å². The van der Waals surface area contributed by atoms with Crippen LogP contribution in [0.15, 0.2) is 42.7 Å². The maximum Gasteiger partial charge on any atom is 0.138 e. The fourth-order valence-electron chi connectivity index (χ4n) is 5.18. The molecule has 2 unspecified atom stereocenters. The lowest BCUT2D eigenvalue weighted by Crippen LogP contribution is -2.46. The third-order valence-electron chi connectivity index (χ3n) is 7.02. The van der Waals surface area contributed by atoms with Gasteiger partial charge in [-0.3, -0.25) is 14.3 Å². The highest BCUT2D eigenvalue weighted by Crippen LogP contribution is 2.41. The van der Waals surface area contributed by atoms with Crippen molar-refractivity contribution in [2.75, 3.05) is 44.7 Å². The lowest BCUT2D eigenvalue weighted by Gasteiger charge is -2.38. The molecule has 5 heterocycles. The van der Waals surface area contributed by atoms with Crippen molar-refractivity contribution in [3.05, 3.63) is 59.1 Å². The SMILES string of the molecule is CCN1CCN(c2cccc3nc(C4CCCC(c5ncccc5Cl)N4C)cn23)CC1. The quantitative estimate of drug-likeness (QED) is 0.602. The number of likely N-dealkylation sites (tertiary alicyclic amines) is 1. The van der Waals surface area contributed by atoms with Crippen LogP contribution >= 0.6 is 11.6 Å². The van der Waals surface area contributed by atoms with Crippen LogP contribution in [0.2, 0.25) is 5.02 Å². The van der Waals surface area contributed by atoms with Crippen molar-refractivity contribution in [1.29, 1.82) is 0 Å². The van der Waals surface area contributed by atoms with E-state index in [9.17, 15) is 0 Å². The minimum atomic E-state index is 0.221. The molecule has 0 radical (unpaired) electrons. The molecule has 7 heteroatoms. The van der Waals surface area contributed by atoms with Crippen LogP contribution in [-0.4, -0.2) is 63.9 Å². The number of likely N-dealkylation sites (N-methyl/N-ethyl adjacent to an activating group) is 1. The molecule has 0 spiro atoms. The summed E-state index contributed by atoms with van der Waals surface area (Å²) in [5.41, 5.74) is 3.14. The van der Waals surface area contributed by atoms with Crippen molar-refractivity contribution in [2.45, 2.75) is 38.3 Å². The van der Waals surface area contributed by atoms with Crippen molar-refractivity contribution in [3.63, 3.8) is 0 Å². The second kappa shape index (κ2) is 8.77. The van der Waals surface area contributed by atoms with Crippen molar-refractivity contribution in [1.82, 2.24) is 24.2 Å². The average molecular weight is 439 g/mol. The summed E-state index contributed by atoms with van der Waals surface area (Å²) < 4.78 is 2.28. The number of fused-ring (bicyclic) bond motifs is 1. The number of anilines is 1. The first-order chi connectivity index (χ1) is 15.2. The fraction of sp³-hybridized carbons (Fsp3) is 0.500. The summed E-state index contributed by atoms with van der Waals surface area (Å²) in [6, 6.07) is 10.8. The fourth-order valence-corrected chi connectivity index (χ4v) is 5.43. The molecule has 0 saturated carbocycles. The topological polar surface area (TPSA) is 39.9 Å². The van der Waals surface area contributed by atoms with E-state index in [4.69, 9.17) is 16.6 Å². The number of nitrogens with zero attached hydrogens (tertiary/aromatic N) is 6. The largest absolute Gasteiger partial charge is 0.355 e. The monoisotopic (exact) mass is 438 g/mol. The van der Waals surface area contributed by atoms with Gasteiger partial charge in [-0.15, -0.1) is 0 Å². The van der Waals surface area contributed by atoms with Gasteiger partial charge in [0.2, 0.25) is 0 Å². The van der Waals surface area contributed by atoms with Gasteiger partial charge in [-0.2, -0.15) is 0 Å². The van der Waals surface area contributed by atoms with Gasteiger partial charge in [-0.05, 0) is 57.1 Å². The first kappa shape index (κ1) is 20.7. The van der Waals surface area contributed by atoms with Gasteiger partial charge in [0.25, 0.3) is 0 Å². The third kappa shape index (κ3) is 3.93. The Hall–Kier alpha value is -2.15. The number of piperidine rings is 1. The molecular formula is C24H31ClN6. The molecule has 2 atom stereocenters. The minimum Gasteiger partial charge on any atom is -0.355 e. The van der Waals surface area contributed by atoms with Gasteiger partial charge in [0.1, 0.15) is 11.5 Å². The molecule has 0 amide bonds. The second-order valence-corrected chi connectivity index (χ2v) is 9.10. The summed E-state index contributed by atoms with van der Waals surface area (Å²) in [6.45, 7) is 7.72. The Kier molecular flexibility index (Phi) is 5.87. The van der Waals surface area contributed by atoms with Crippen molar-refractivity contribution in [2.24, 2.45) is 0 Å². The van der Waals surface area contributed by atoms with Gasteiger partial charge in [-0.25, -0.2) is 4.98 Å². The maximum absolute atomic E-state index is 6.49. The Morgan fingerprint density at radius 2 is 1.84 bits per heavy atom. The van der Waals surface area contributed by atoms with Gasteiger partial charge in [-0.1, -0.05) is 24.6 Å². The Bertz CT molecular complexity index is 1040. The summed E-state index contributed by atoms with van der Waals surface area (Å²) in [6.07, 6.45) is 7.41. The first-order valence-corrected chi connectivity index (χ1v) is 11.8. The van der Waals surface area contributed by atoms with E-state index in [-0.39, 0.29) is 12.1 Å². The average Bonchev–Trinajstić information content (AvgIpc) is 3.24. The molecular weight excluding hydrogens is 408 g/mol. The van der Waals surface area contributed by atoms with Crippen molar-refractivity contribution in [3.8, 4) is 0 Å². The molecule has 5 rings (SSSR count). The van der Waals surface area contributed by atoms with Gasteiger partial charge in [0.15, 0.2) is 0 Å². The van der Waals surface area contributed by atoms with Crippen LogP contribution in [0, 0.1) is 0 Å². The molecule has 0 N–H and O–H groups in total. The highest BCUT2D eigenvalue weighted by Gasteiger charge is 2.33. The number of imidazole rings is 1. The summed E-state index contributed by atoms with van der Waals surface area (Å²) >= 11 is 6.49. The number of pyridine rings is 2. The number of hydrogen-bond donors (Lipinski definition) is 0. The molecule has 164 valence electrons. The van der Waals surface area contributed by atoms with Crippen LogP contribution < -0.4 is 4.90 Å². The maximum atomic E-state index is 6.49. The van der Waals surface area contributed by atoms with E-state index in [1.807, 2.05) is 18.3 Å². The zero-order chi connectivity index (χ0) is 21.4.